The minimum absolute atomic E-state index is 0.447. The van der Waals surface area contributed by atoms with Gasteiger partial charge in [0, 0.05) is 5.69 Å². The molecule has 2 N–H and O–H groups in total. The molecule has 86 valence electrons. The van der Waals surface area contributed by atoms with E-state index in [1.165, 1.54) is 12.8 Å². The molecule has 16 heavy (non-hydrogen) atoms. The molecular weight excluding hydrogens is 198 g/mol. The Morgan fingerprint density at radius 2 is 2.12 bits per heavy atom. The summed E-state index contributed by atoms with van der Waals surface area (Å²) in [6.45, 7) is 3.05. The SMILES string of the molecule is CCCCC1CN=C(N)N1c1ccccc1. The standard InChI is InChI=1S/C13H19N3/c1-2-3-7-12-10-15-13(14)16(12)11-8-5-4-6-9-11/h4-6,8-9,12H,2-3,7,10H2,1H3,(H2,14,15). The quantitative estimate of drug-likeness (QED) is 0.841. The Kier molecular flexibility index (Phi) is 3.44. The maximum Gasteiger partial charge on any atom is 0.196 e. The van der Waals surface area contributed by atoms with Gasteiger partial charge >= 0.3 is 0 Å². The molecule has 1 unspecified atom stereocenters. The van der Waals surface area contributed by atoms with Gasteiger partial charge in [0.25, 0.3) is 0 Å². The van der Waals surface area contributed by atoms with Crippen LogP contribution in [-0.4, -0.2) is 18.5 Å². The lowest BCUT2D eigenvalue weighted by Crippen LogP contribution is -2.40. The Bertz CT molecular complexity index is 359. The van der Waals surface area contributed by atoms with Gasteiger partial charge in [0.05, 0.1) is 12.6 Å². The van der Waals surface area contributed by atoms with Gasteiger partial charge in [0.1, 0.15) is 0 Å². The van der Waals surface area contributed by atoms with E-state index in [1.807, 2.05) is 18.2 Å². The molecule has 0 aliphatic carbocycles. The largest absolute Gasteiger partial charge is 0.370 e. The molecule has 0 saturated heterocycles. The van der Waals surface area contributed by atoms with Gasteiger partial charge in [-0.25, -0.2) is 0 Å². The average molecular weight is 217 g/mol. The first-order valence-electron chi connectivity index (χ1n) is 5.97. The number of nitrogens with zero attached hydrogens (tertiary/aromatic N) is 2. The van der Waals surface area contributed by atoms with Gasteiger partial charge in [-0.15, -0.1) is 0 Å². The fourth-order valence-electron chi connectivity index (χ4n) is 2.14. The molecule has 1 aliphatic rings. The topological polar surface area (TPSA) is 41.6 Å². The molecular formula is C13H19N3. The summed E-state index contributed by atoms with van der Waals surface area (Å²) in [5, 5.41) is 0. The molecule has 0 spiro atoms. The van der Waals surface area contributed by atoms with Crippen molar-refractivity contribution in [3.8, 4) is 0 Å². The summed E-state index contributed by atoms with van der Waals surface area (Å²) in [6.07, 6.45) is 3.62. The Balaban J connectivity index is 2.13. The van der Waals surface area contributed by atoms with Crippen LogP contribution in [-0.2, 0) is 0 Å². The van der Waals surface area contributed by atoms with E-state index >= 15 is 0 Å². The number of benzene rings is 1. The fourth-order valence-corrected chi connectivity index (χ4v) is 2.14. The van der Waals surface area contributed by atoms with Crippen LogP contribution in [0.3, 0.4) is 0 Å². The third-order valence-corrected chi connectivity index (χ3v) is 3.00. The maximum absolute atomic E-state index is 5.95. The van der Waals surface area contributed by atoms with Crippen molar-refractivity contribution < 1.29 is 0 Å². The first kappa shape index (κ1) is 11.0. The van der Waals surface area contributed by atoms with Gasteiger partial charge in [0.15, 0.2) is 5.96 Å². The highest BCUT2D eigenvalue weighted by Gasteiger charge is 2.26. The lowest BCUT2D eigenvalue weighted by molar-refractivity contribution is 0.600. The Morgan fingerprint density at radius 3 is 2.81 bits per heavy atom. The summed E-state index contributed by atoms with van der Waals surface area (Å²) in [5.41, 5.74) is 7.10. The van der Waals surface area contributed by atoms with Crippen molar-refractivity contribution in [3.63, 3.8) is 0 Å². The Morgan fingerprint density at radius 1 is 1.38 bits per heavy atom. The van der Waals surface area contributed by atoms with E-state index in [1.54, 1.807) is 0 Å². The molecule has 0 aromatic heterocycles. The summed E-state index contributed by atoms with van der Waals surface area (Å²) in [7, 11) is 0. The van der Waals surface area contributed by atoms with Crippen LogP contribution in [0, 0.1) is 0 Å². The van der Waals surface area contributed by atoms with Gasteiger partial charge in [-0.05, 0) is 18.6 Å². The smallest absolute Gasteiger partial charge is 0.196 e. The van der Waals surface area contributed by atoms with Crippen molar-refractivity contribution in [1.29, 1.82) is 0 Å². The van der Waals surface area contributed by atoms with Crippen molar-refractivity contribution in [2.75, 3.05) is 11.4 Å². The summed E-state index contributed by atoms with van der Waals surface area (Å²) in [6, 6.07) is 10.7. The summed E-state index contributed by atoms with van der Waals surface area (Å²) < 4.78 is 0. The Hall–Kier alpha value is -1.51. The third-order valence-electron chi connectivity index (χ3n) is 3.00. The number of unbranched alkanes of at least 4 members (excludes halogenated alkanes) is 1. The number of nitrogens with two attached hydrogens (primary N) is 1. The van der Waals surface area contributed by atoms with Crippen molar-refractivity contribution in [2.45, 2.75) is 32.2 Å². The number of hydrogen-bond donors (Lipinski definition) is 1. The number of rotatable bonds is 4. The van der Waals surface area contributed by atoms with E-state index in [0.717, 1.165) is 18.7 Å². The molecule has 0 bridgehead atoms. The molecule has 0 saturated carbocycles. The van der Waals surface area contributed by atoms with Gasteiger partial charge < -0.3 is 10.6 Å². The molecule has 1 atom stereocenters. The van der Waals surface area contributed by atoms with Crippen LogP contribution in [0.2, 0.25) is 0 Å². The van der Waals surface area contributed by atoms with E-state index in [4.69, 9.17) is 5.73 Å². The van der Waals surface area contributed by atoms with E-state index in [0.29, 0.717) is 12.0 Å². The molecule has 1 aliphatic heterocycles. The number of guanidine groups is 1. The van der Waals surface area contributed by atoms with Crippen LogP contribution in [0.5, 0.6) is 0 Å². The highest BCUT2D eigenvalue weighted by atomic mass is 15.3. The molecule has 0 radical (unpaired) electrons. The van der Waals surface area contributed by atoms with Crippen LogP contribution in [0.4, 0.5) is 5.69 Å². The highest BCUT2D eigenvalue weighted by molar-refractivity contribution is 5.97. The van der Waals surface area contributed by atoms with Gasteiger partial charge in [-0.2, -0.15) is 0 Å². The summed E-state index contributed by atoms with van der Waals surface area (Å²) in [4.78, 5) is 6.51. The number of para-hydroxylation sites is 1. The lowest BCUT2D eigenvalue weighted by atomic mass is 10.1. The summed E-state index contributed by atoms with van der Waals surface area (Å²) >= 11 is 0. The van der Waals surface area contributed by atoms with Crippen LogP contribution in [0.1, 0.15) is 26.2 Å². The average Bonchev–Trinajstić information content (AvgIpc) is 2.69. The monoisotopic (exact) mass is 217 g/mol. The van der Waals surface area contributed by atoms with Crippen molar-refractivity contribution in [1.82, 2.24) is 0 Å². The van der Waals surface area contributed by atoms with E-state index in [2.05, 4.69) is 28.9 Å². The fraction of sp³-hybridized carbons (Fsp3) is 0.462. The molecule has 3 nitrogen and oxygen atoms in total. The van der Waals surface area contributed by atoms with E-state index in [-0.39, 0.29) is 0 Å². The van der Waals surface area contributed by atoms with Crippen molar-refractivity contribution in [2.24, 2.45) is 10.7 Å². The molecule has 3 heteroatoms. The predicted octanol–water partition coefficient (Wildman–Crippen LogP) is 2.38. The summed E-state index contributed by atoms with van der Waals surface area (Å²) in [5.74, 6) is 0.660. The predicted molar refractivity (Wildman–Crippen MR) is 68.7 cm³/mol. The van der Waals surface area contributed by atoms with E-state index in [9.17, 15) is 0 Å². The number of hydrogen-bond acceptors (Lipinski definition) is 3. The first-order valence-corrected chi connectivity index (χ1v) is 5.97. The van der Waals surface area contributed by atoms with Crippen molar-refractivity contribution in [3.05, 3.63) is 30.3 Å². The van der Waals surface area contributed by atoms with Crippen LogP contribution < -0.4 is 10.6 Å². The highest BCUT2D eigenvalue weighted by Crippen LogP contribution is 2.23. The van der Waals surface area contributed by atoms with Crippen LogP contribution in [0.15, 0.2) is 35.3 Å². The molecule has 1 heterocycles. The third kappa shape index (κ3) is 2.18. The zero-order valence-corrected chi connectivity index (χ0v) is 9.76. The van der Waals surface area contributed by atoms with Crippen molar-refractivity contribution >= 4 is 11.6 Å². The molecule has 1 aromatic carbocycles. The number of aliphatic imine (C=N–C) groups is 1. The maximum atomic E-state index is 5.95. The first-order chi connectivity index (χ1) is 7.83. The number of anilines is 1. The molecule has 0 amide bonds. The molecule has 1 aromatic rings. The second-order valence-corrected chi connectivity index (χ2v) is 4.20. The zero-order chi connectivity index (χ0) is 11.4. The minimum atomic E-state index is 0.447. The lowest BCUT2D eigenvalue weighted by Gasteiger charge is -2.26. The normalized spacial score (nSPS) is 19.9. The van der Waals surface area contributed by atoms with Crippen LogP contribution >= 0.6 is 0 Å². The molecule has 0 fully saturated rings. The van der Waals surface area contributed by atoms with E-state index < -0.39 is 0 Å². The van der Waals surface area contributed by atoms with Gasteiger partial charge in [-0.1, -0.05) is 38.0 Å². The van der Waals surface area contributed by atoms with Crippen LogP contribution in [0.25, 0.3) is 0 Å². The molecule has 2 rings (SSSR count). The second kappa shape index (κ2) is 5.01. The van der Waals surface area contributed by atoms with Gasteiger partial charge in [0.2, 0.25) is 0 Å². The zero-order valence-electron chi connectivity index (χ0n) is 9.76. The minimum Gasteiger partial charge on any atom is -0.370 e. The van der Waals surface area contributed by atoms with Gasteiger partial charge in [-0.3, -0.25) is 4.99 Å². The Labute approximate surface area is 97.0 Å². The second-order valence-electron chi connectivity index (χ2n) is 4.20.